The normalized spacial score (nSPS) is 13.5. The van der Waals surface area contributed by atoms with Gasteiger partial charge in [-0.05, 0) is 82.1 Å². The van der Waals surface area contributed by atoms with Crippen LogP contribution in [0.3, 0.4) is 0 Å². The predicted octanol–water partition coefficient (Wildman–Crippen LogP) is 9.43. The number of amides is 4. The van der Waals surface area contributed by atoms with E-state index < -0.39 is 34.2 Å². The summed E-state index contributed by atoms with van der Waals surface area (Å²) < 4.78 is 0. The molecule has 6 N–H and O–H groups in total. The number of carbonyl (C=O) groups is 4. The molecule has 0 aliphatic rings. The Morgan fingerprint density at radius 1 is 0.545 bits per heavy atom. The Labute approximate surface area is 415 Å². The molecule has 0 unspecified atom stereocenters. The summed E-state index contributed by atoms with van der Waals surface area (Å²) in [7, 11) is 0. The highest BCUT2D eigenvalue weighted by atomic mass is 35.5. The van der Waals surface area contributed by atoms with Crippen molar-refractivity contribution in [2.75, 3.05) is 39.3 Å². The first kappa shape index (κ1) is 56.9. The van der Waals surface area contributed by atoms with Gasteiger partial charge < -0.3 is 40.9 Å². The highest BCUT2D eigenvalue weighted by molar-refractivity contribution is 7.17. The molecule has 0 bridgehead atoms. The van der Waals surface area contributed by atoms with Crippen molar-refractivity contribution in [1.29, 1.82) is 0 Å². The van der Waals surface area contributed by atoms with Crippen molar-refractivity contribution >= 4 is 92.7 Å². The summed E-state index contributed by atoms with van der Waals surface area (Å²) in [5.74, 6) is -1.67. The molecular weight excluding hydrogens is 970 g/mol. The highest BCUT2D eigenvalue weighted by Crippen LogP contribution is 2.45. The molecule has 14 nitrogen and oxygen atoms in total. The minimum Gasteiger partial charge on any atom is -0.389 e. The maximum atomic E-state index is 13.2. The van der Waals surface area contributed by atoms with Gasteiger partial charge in [-0.25, -0.2) is 9.97 Å². The number of carbonyl (C=O) groups excluding carboxylic acids is 4. The van der Waals surface area contributed by atoms with Gasteiger partial charge >= 0.3 is 0 Å². The number of aromatic nitrogens is 2. The van der Waals surface area contributed by atoms with Crippen molar-refractivity contribution in [2.24, 2.45) is 0 Å². The van der Waals surface area contributed by atoms with E-state index in [1.807, 2.05) is 41.5 Å². The summed E-state index contributed by atoms with van der Waals surface area (Å²) in [4.78, 5) is 64.5. The van der Waals surface area contributed by atoms with Crippen LogP contribution in [-0.2, 0) is 11.2 Å². The standard InChI is InChI=1S/2C23H31Cl2N3O4S/c2*1-7-23(6,32)14-11-10-13(15(24)16(14)25)18-17(21(30)28(8-2)9-3)27-20(33-18)19(29)26-12-22(4,5)31/h2*10-11,31-32H,7-9,12H2,1-6H3,(H,26,29)/t2*23-/m10/s1. The average Bonchev–Trinajstić information content (AvgIpc) is 3.90. The van der Waals surface area contributed by atoms with Crippen molar-refractivity contribution in [3.63, 3.8) is 0 Å². The molecule has 364 valence electrons. The summed E-state index contributed by atoms with van der Waals surface area (Å²) in [5, 5.41) is 47.2. The molecule has 66 heavy (non-hydrogen) atoms. The van der Waals surface area contributed by atoms with Gasteiger partial charge in [0.15, 0.2) is 10.0 Å². The Bertz CT molecular complexity index is 2220. The first-order valence-electron chi connectivity index (χ1n) is 21.6. The molecule has 0 radical (unpaired) electrons. The second-order valence-corrected chi connectivity index (χ2v) is 20.7. The quantitative estimate of drug-likeness (QED) is 0.0557. The lowest BCUT2D eigenvalue weighted by Crippen LogP contribution is -2.38. The van der Waals surface area contributed by atoms with Crippen LogP contribution < -0.4 is 10.6 Å². The average molecular weight is 1030 g/mol. The molecule has 2 aromatic carbocycles. The van der Waals surface area contributed by atoms with E-state index >= 15 is 0 Å². The number of hydrogen-bond donors (Lipinski definition) is 6. The van der Waals surface area contributed by atoms with Gasteiger partial charge in [0.25, 0.3) is 23.6 Å². The van der Waals surface area contributed by atoms with Crippen LogP contribution in [0.25, 0.3) is 20.9 Å². The summed E-state index contributed by atoms with van der Waals surface area (Å²) in [5.41, 5.74) is -2.48. The SMILES string of the molecule is CCN(CC)C(=O)c1nc(C(=O)NCC(C)(C)O)sc1-c1ccc([C@@](C)(O)CC)c(Cl)c1Cl.CCN(CC)C(=O)c1nc(C(=O)NCC(C)(C)O)sc1-c1ccc([C@](C)(O)CC)c(Cl)c1Cl. The van der Waals surface area contributed by atoms with E-state index in [1.165, 1.54) is 0 Å². The van der Waals surface area contributed by atoms with Crippen molar-refractivity contribution < 1.29 is 39.6 Å². The maximum Gasteiger partial charge on any atom is 0.280 e. The van der Waals surface area contributed by atoms with Crippen LogP contribution in [0.5, 0.6) is 0 Å². The number of benzene rings is 2. The number of rotatable bonds is 18. The van der Waals surface area contributed by atoms with Crippen molar-refractivity contribution in [2.45, 2.75) is 118 Å². The van der Waals surface area contributed by atoms with E-state index in [0.29, 0.717) is 71.0 Å². The predicted molar refractivity (Wildman–Crippen MR) is 267 cm³/mol. The van der Waals surface area contributed by atoms with E-state index in [4.69, 9.17) is 46.4 Å². The Hall–Kier alpha value is -3.42. The minimum atomic E-state index is -1.17. The first-order chi connectivity index (χ1) is 30.5. The zero-order valence-corrected chi connectivity index (χ0v) is 44.2. The molecule has 0 saturated carbocycles. The molecule has 0 aliphatic heterocycles. The van der Waals surface area contributed by atoms with Crippen LogP contribution >= 0.6 is 69.1 Å². The van der Waals surface area contributed by atoms with Gasteiger partial charge in [-0.3, -0.25) is 19.2 Å². The molecule has 0 aliphatic carbocycles. The van der Waals surface area contributed by atoms with Gasteiger partial charge in [-0.1, -0.05) is 84.5 Å². The zero-order chi connectivity index (χ0) is 50.3. The second-order valence-electron chi connectivity index (χ2n) is 17.2. The number of nitrogens with one attached hydrogen (secondary N) is 2. The topological polar surface area (TPSA) is 206 Å². The maximum absolute atomic E-state index is 13.2. The van der Waals surface area contributed by atoms with Crippen LogP contribution in [0.1, 0.15) is 148 Å². The summed E-state index contributed by atoms with van der Waals surface area (Å²) in [6, 6.07) is 6.70. The van der Waals surface area contributed by atoms with Gasteiger partial charge in [-0.15, -0.1) is 22.7 Å². The largest absolute Gasteiger partial charge is 0.389 e. The van der Waals surface area contributed by atoms with Crippen LogP contribution in [0.2, 0.25) is 20.1 Å². The van der Waals surface area contributed by atoms with Gasteiger partial charge in [-0.2, -0.15) is 0 Å². The third-order valence-electron chi connectivity index (χ3n) is 10.7. The lowest BCUT2D eigenvalue weighted by molar-refractivity contribution is 0.0528. The molecule has 2 aromatic heterocycles. The molecule has 2 atom stereocenters. The summed E-state index contributed by atoms with van der Waals surface area (Å²) >= 11 is 28.3. The monoisotopic (exact) mass is 1030 g/mol. The van der Waals surface area contributed by atoms with Crippen LogP contribution in [-0.4, -0.2) is 114 Å². The lowest BCUT2D eigenvalue weighted by Gasteiger charge is -2.24. The third kappa shape index (κ3) is 13.9. The fourth-order valence-corrected chi connectivity index (χ4v) is 9.59. The minimum absolute atomic E-state index is 0.0213. The van der Waals surface area contributed by atoms with Crippen LogP contribution in [0.4, 0.5) is 0 Å². The van der Waals surface area contributed by atoms with E-state index in [0.717, 1.165) is 22.7 Å². The molecule has 2 heterocycles. The third-order valence-corrected chi connectivity index (χ3v) is 14.6. The van der Waals surface area contributed by atoms with E-state index in [9.17, 15) is 39.6 Å². The first-order valence-corrected chi connectivity index (χ1v) is 24.7. The number of hydrogen-bond acceptors (Lipinski definition) is 12. The molecule has 20 heteroatoms. The zero-order valence-electron chi connectivity index (χ0n) is 39.5. The second kappa shape index (κ2) is 23.3. The smallest absolute Gasteiger partial charge is 0.280 e. The van der Waals surface area contributed by atoms with Crippen molar-refractivity contribution in [3.05, 3.63) is 76.9 Å². The molecule has 4 amide bonds. The van der Waals surface area contributed by atoms with E-state index in [-0.39, 0.29) is 66.4 Å². The van der Waals surface area contributed by atoms with E-state index in [1.54, 1.807) is 75.6 Å². The molecule has 0 fully saturated rings. The number of nitrogens with zero attached hydrogens (tertiary/aromatic N) is 4. The van der Waals surface area contributed by atoms with Crippen LogP contribution in [0, 0.1) is 0 Å². The Kier molecular flexibility index (Phi) is 20.0. The highest BCUT2D eigenvalue weighted by Gasteiger charge is 2.33. The molecule has 0 saturated heterocycles. The molecule has 4 aromatic rings. The van der Waals surface area contributed by atoms with Gasteiger partial charge in [0.1, 0.15) is 11.4 Å². The van der Waals surface area contributed by atoms with Crippen LogP contribution in [0.15, 0.2) is 24.3 Å². The lowest BCUT2D eigenvalue weighted by atomic mass is 9.92. The summed E-state index contributed by atoms with van der Waals surface area (Å²) in [6.45, 7) is 22.6. The molecular formula is C46H62Cl4N6O8S2. The Morgan fingerprint density at radius 3 is 1.11 bits per heavy atom. The molecule has 0 spiro atoms. The van der Waals surface area contributed by atoms with Crippen molar-refractivity contribution in [1.82, 2.24) is 30.4 Å². The van der Waals surface area contributed by atoms with Gasteiger partial charge in [0.2, 0.25) is 0 Å². The fraction of sp³-hybridized carbons (Fsp3) is 0.522. The molecule has 4 rings (SSSR count). The fourth-order valence-electron chi connectivity index (χ4n) is 6.22. The number of aliphatic hydroxyl groups is 4. The number of halogens is 4. The number of thiazole rings is 2. The Balaban J connectivity index is 0.000000350. The van der Waals surface area contributed by atoms with E-state index in [2.05, 4.69) is 20.6 Å². The van der Waals surface area contributed by atoms with Crippen molar-refractivity contribution in [3.8, 4) is 20.9 Å². The summed E-state index contributed by atoms with van der Waals surface area (Å²) in [6.07, 6.45) is 0.861. The Morgan fingerprint density at radius 2 is 0.848 bits per heavy atom. The van der Waals surface area contributed by atoms with Gasteiger partial charge in [0.05, 0.1) is 52.2 Å². The van der Waals surface area contributed by atoms with Gasteiger partial charge in [0, 0.05) is 61.5 Å².